The molecule has 4 heteroatoms. The Labute approximate surface area is 87.3 Å². The SMILES string of the molecule is CC(C)Cn1c(=O)oc2cc(N)ccc21. The van der Waals surface area contributed by atoms with Gasteiger partial charge in [-0.1, -0.05) is 13.8 Å². The van der Waals surface area contributed by atoms with Gasteiger partial charge in [-0.2, -0.15) is 0 Å². The Kier molecular flexibility index (Phi) is 2.26. The van der Waals surface area contributed by atoms with Gasteiger partial charge in [0, 0.05) is 18.3 Å². The zero-order valence-electron chi connectivity index (χ0n) is 8.86. The van der Waals surface area contributed by atoms with Gasteiger partial charge in [0.2, 0.25) is 0 Å². The maximum absolute atomic E-state index is 11.5. The maximum Gasteiger partial charge on any atom is 0.419 e. The van der Waals surface area contributed by atoms with Crippen LogP contribution in [0, 0.1) is 5.92 Å². The molecule has 2 N–H and O–H groups in total. The first-order valence-corrected chi connectivity index (χ1v) is 4.97. The molecule has 2 rings (SSSR count). The van der Waals surface area contributed by atoms with Crippen LogP contribution in [-0.2, 0) is 6.54 Å². The third-order valence-corrected chi connectivity index (χ3v) is 2.24. The van der Waals surface area contributed by atoms with Crippen molar-refractivity contribution in [1.29, 1.82) is 0 Å². The second-order valence-corrected chi connectivity index (χ2v) is 4.10. The maximum atomic E-state index is 11.5. The highest BCUT2D eigenvalue weighted by atomic mass is 16.4. The molecule has 0 bridgehead atoms. The monoisotopic (exact) mass is 206 g/mol. The molecule has 0 unspecified atom stereocenters. The Morgan fingerprint density at radius 1 is 1.47 bits per heavy atom. The summed E-state index contributed by atoms with van der Waals surface area (Å²) in [7, 11) is 0. The number of anilines is 1. The molecular formula is C11H14N2O2. The number of hydrogen-bond donors (Lipinski definition) is 1. The van der Waals surface area contributed by atoms with E-state index < -0.39 is 0 Å². The molecule has 0 spiro atoms. The van der Waals surface area contributed by atoms with E-state index >= 15 is 0 Å². The molecule has 0 aliphatic carbocycles. The molecule has 15 heavy (non-hydrogen) atoms. The highest BCUT2D eigenvalue weighted by molar-refractivity contribution is 5.76. The Bertz CT molecular complexity index is 537. The summed E-state index contributed by atoms with van der Waals surface area (Å²) in [6.07, 6.45) is 0. The molecule has 0 amide bonds. The van der Waals surface area contributed by atoms with Crippen molar-refractivity contribution in [3.63, 3.8) is 0 Å². The van der Waals surface area contributed by atoms with E-state index in [9.17, 15) is 4.79 Å². The van der Waals surface area contributed by atoms with Gasteiger partial charge in [-0.3, -0.25) is 4.57 Å². The number of nitrogens with two attached hydrogens (primary N) is 1. The fraction of sp³-hybridized carbons (Fsp3) is 0.364. The second kappa shape index (κ2) is 3.46. The lowest BCUT2D eigenvalue weighted by molar-refractivity contribution is 0.458. The van der Waals surface area contributed by atoms with E-state index in [0.29, 0.717) is 23.7 Å². The lowest BCUT2D eigenvalue weighted by Crippen LogP contribution is -2.17. The number of rotatable bonds is 2. The fourth-order valence-corrected chi connectivity index (χ4v) is 1.62. The summed E-state index contributed by atoms with van der Waals surface area (Å²) in [4.78, 5) is 11.5. The van der Waals surface area contributed by atoms with Crippen LogP contribution in [0.25, 0.3) is 11.1 Å². The van der Waals surface area contributed by atoms with E-state index in [1.165, 1.54) is 0 Å². The first kappa shape index (κ1) is 9.83. The normalized spacial score (nSPS) is 11.4. The molecule has 0 aliphatic rings. The third-order valence-electron chi connectivity index (χ3n) is 2.24. The van der Waals surface area contributed by atoms with Crippen molar-refractivity contribution in [3.8, 4) is 0 Å². The van der Waals surface area contributed by atoms with E-state index in [-0.39, 0.29) is 5.76 Å². The van der Waals surface area contributed by atoms with Gasteiger partial charge in [-0.15, -0.1) is 0 Å². The predicted molar refractivity (Wildman–Crippen MR) is 59.7 cm³/mol. The Morgan fingerprint density at radius 2 is 2.20 bits per heavy atom. The highest BCUT2D eigenvalue weighted by Crippen LogP contribution is 2.17. The van der Waals surface area contributed by atoms with Gasteiger partial charge in [0.05, 0.1) is 5.52 Å². The van der Waals surface area contributed by atoms with Crippen molar-refractivity contribution in [3.05, 3.63) is 28.7 Å². The van der Waals surface area contributed by atoms with Gasteiger partial charge in [-0.25, -0.2) is 4.79 Å². The van der Waals surface area contributed by atoms with Crippen LogP contribution in [0.5, 0.6) is 0 Å². The minimum absolute atomic E-state index is 0.315. The van der Waals surface area contributed by atoms with Crippen LogP contribution in [0.2, 0.25) is 0 Å². The molecule has 1 aromatic heterocycles. The standard InChI is InChI=1S/C11H14N2O2/c1-7(2)6-13-9-4-3-8(12)5-10(9)15-11(13)14/h3-5,7H,6,12H2,1-2H3. The number of nitrogens with zero attached hydrogens (tertiary/aromatic N) is 1. The first-order valence-electron chi connectivity index (χ1n) is 4.97. The molecule has 4 nitrogen and oxygen atoms in total. The number of benzene rings is 1. The number of hydrogen-bond acceptors (Lipinski definition) is 3. The summed E-state index contributed by atoms with van der Waals surface area (Å²) >= 11 is 0. The van der Waals surface area contributed by atoms with Crippen molar-refractivity contribution in [2.45, 2.75) is 20.4 Å². The van der Waals surface area contributed by atoms with Crippen molar-refractivity contribution in [1.82, 2.24) is 4.57 Å². The molecule has 2 aromatic rings. The van der Waals surface area contributed by atoms with Gasteiger partial charge in [-0.05, 0) is 18.1 Å². The van der Waals surface area contributed by atoms with Gasteiger partial charge < -0.3 is 10.2 Å². The molecule has 1 heterocycles. The number of aromatic nitrogens is 1. The van der Waals surface area contributed by atoms with Gasteiger partial charge >= 0.3 is 5.76 Å². The Hall–Kier alpha value is -1.71. The van der Waals surface area contributed by atoms with E-state index in [2.05, 4.69) is 13.8 Å². The topological polar surface area (TPSA) is 61.2 Å². The van der Waals surface area contributed by atoms with Crippen LogP contribution in [0.4, 0.5) is 5.69 Å². The number of oxazole rings is 1. The summed E-state index contributed by atoms with van der Waals surface area (Å²) in [5.41, 5.74) is 7.58. The average molecular weight is 206 g/mol. The van der Waals surface area contributed by atoms with Gasteiger partial charge in [0.25, 0.3) is 0 Å². The molecule has 0 radical (unpaired) electrons. The van der Waals surface area contributed by atoms with E-state index in [1.54, 1.807) is 16.7 Å². The van der Waals surface area contributed by atoms with Crippen LogP contribution >= 0.6 is 0 Å². The van der Waals surface area contributed by atoms with Crippen LogP contribution in [0.15, 0.2) is 27.4 Å². The van der Waals surface area contributed by atoms with Gasteiger partial charge in [0.15, 0.2) is 5.58 Å². The average Bonchev–Trinajstić information content (AvgIpc) is 2.41. The lowest BCUT2D eigenvalue weighted by atomic mass is 10.2. The van der Waals surface area contributed by atoms with Gasteiger partial charge in [0.1, 0.15) is 0 Å². The molecule has 0 saturated heterocycles. The zero-order chi connectivity index (χ0) is 11.0. The van der Waals surface area contributed by atoms with E-state index in [1.807, 2.05) is 6.07 Å². The van der Waals surface area contributed by atoms with E-state index in [4.69, 9.17) is 10.2 Å². The van der Waals surface area contributed by atoms with Crippen LogP contribution in [0.1, 0.15) is 13.8 Å². The quantitative estimate of drug-likeness (QED) is 0.762. The largest absolute Gasteiger partial charge is 0.419 e. The van der Waals surface area contributed by atoms with Crippen LogP contribution < -0.4 is 11.5 Å². The third kappa shape index (κ3) is 1.75. The molecule has 0 fully saturated rings. The highest BCUT2D eigenvalue weighted by Gasteiger charge is 2.09. The molecule has 1 aromatic carbocycles. The molecule has 0 aliphatic heterocycles. The zero-order valence-corrected chi connectivity index (χ0v) is 8.86. The molecular weight excluding hydrogens is 192 g/mol. The predicted octanol–water partition coefficient (Wildman–Crippen LogP) is 1.83. The number of fused-ring (bicyclic) bond motifs is 1. The van der Waals surface area contributed by atoms with Crippen LogP contribution in [0.3, 0.4) is 0 Å². The minimum Gasteiger partial charge on any atom is -0.408 e. The van der Waals surface area contributed by atoms with Crippen LogP contribution in [-0.4, -0.2) is 4.57 Å². The number of nitrogen functional groups attached to an aromatic ring is 1. The summed E-state index contributed by atoms with van der Waals surface area (Å²) in [5.74, 6) is 0.0883. The molecule has 80 valence electrons. The fourth-order valence-electron chi connectivity index (χ4n) is 1.62. The Balaban J connectivity index is 2.63. The molecule has 0 saturated carbocycles. The Morgan fingerprint density at radius 3 is 2.87 bits per heavy atom. The lowest BCUT2D eigenvalue weighted by Gasteiger charge is -2.04. The van der Waals surface area contributed by atoms with Crippen molar-refractivity contribution in [2.75, 3.05) is 5.73 Å². The minimum atomic E-state index is -0.315. The smallest absolute Gasteiger partial charge is 0.408 e. The van der Waals surface area contributed by atoms with Crippen molar-refractivity contribution in [2.24, 2.45) is 5.92 Å². The summed E-state index contributed by atoms with van der Waals surface area (Å²) in [6.45, 7) is 4.78. The summed E-state index contributed by atoms with van der Waals surface area (Å²) < 4.78 is 6.75. The first-order chi connectivity index (χ1) is 7.08. The van der Waals surface area contributed by atoms with Crippen molar-refractivity contribution < 1.29 is 4.42 Å². The summed E-state index contributed by atoms with van der Waals surface area (Å²) in [5, 5.41) is 0. The van der Waals surface area contributed by atoms with E-state index in [0.717, 1.165) is 5.52 Å². The molecule has 0 atom stereocenters. The second-order valence-electron chi connectivity index (χ2n) is 4.10. The summed E-state index contributed by atoms with van der Waals surface area (Å²) in [6, 6.07) is 5.26. The van der Waals surface area contributed by atoms with Crippen molar-refractivity contribution >= 4 is 16.8 Å².